The summed E-state index contributed by atoms with van der Waals surface area (Å²) >= 11 is 0. The van der Waals surface area contributed by atoms with Gasteiger partial charge in [-0.1, -0.05) is 50.2 Å². The van der Waals surface area contributed by atoms with Crippen molar-refractivity contribution in [2.24, 2.45) is 0 Å². The second-order valence-corrected chi connectivity index (χ2v) is 6.14. The molecule has 0 saturated heterocycles. The van der Waals surface area contributed by atoms with Gasteiger partial charge in [0.25, 0.3) is 0 Å². The summed E-state index contributed by atoms with van der Waals surface area (Å²) in [7, 11) is 0. The maximum absolute atomic E-state index is 12.1. The molecule has 1 heterocycles. The number of ether oxygens (including phenoxy) is 1. The Morgan fingerprint density at radius 2 is 1.71 bits per heavy atom. The SMILES string of the molecule is CC.CC(C)(C)OC(=O)NC(Cc1ccccc1)c1ccccn1. The van der Waals surface area contributed by atoms with Gasteiger partial charge in [-0.05, 0) is 44.9 Å². The molecular weight excluding hydrogens is 300 g/mol. The molecule has 1 N–H and O–H groups in total. The fourth-order valence-electron chi connectivity index (χ4n) is 2.11. The van der Waals surface area contributed by atoms with Crippen molar-refractivity contribution in [2.45, 2.75) is 52.7 Å². The van der Waals surface area contributed by atoms with Crippen LogP contribution >= 0.6 is 0 Å². The molecule has 0 spiro atoms. The fourth-order valence-corrected chi connectivity index (χ4v) is 2.11. The Morgan fingerprint density at radius 3 is 2.25 bits per heavy atom. The summed E-state index contributed by atoms with van der Waals surface area (Å²) in [4.78, 5) is 16.4. The molecule has 0 aliphatic carbocycles. The van der Waals surface area contributed by atoms with Gasteiger partial charge < -0.3 is 10.1 Å². The summed E-state index contributed by atoms with van der Waals surface area (Å²) in [6.07, 6.45) is 1.96. The van der Waals surface area contributed by atoms with Gasteiger partial charge in [-0.25, -0.2) is 4.79 Å². The highest BCUT2D eigenvalue weighted by atomic mass is 16.6. The molecule has 0 bridgehead atoms. The second kappa shape index (κ2) is 9.71. The second-order valence-electron chi connectivity index (χ2n) is 6.14. The van der Waals surface area contributed by atoms with E-state index in [9.17, 15) is 4.79 Å². The van der Waals surface area contributed by atoms with Crippen LogP contribution in [0.2, 0.25) is 0 Å². The lowest BCUT2D eigenvalue weighted by Crippen LogP contribution is -2.36. The Hall–Kier alpha value is -2.36. The molecule has 1 aromatic heterocycles. The van der Waals surface area contributed by atoms with E-state index in [-0.39, 0.29) is 6.04 Å². The van der Waals surface area contributed by atoms with Crippen LogP contribution in [0.5, 0.6) is 0 Å². The summed E-state index contributed by atoms with van der Waals surface area (Å²) in [6, 6.07) is 15.5. The summed E-state index contributed by atoms with van der Waals surface area (Å²) in [5, 5.41) is 2.91. The molecule has 1 unspecified atom stereocenters. The lowest BCUT2D eigenvalue weighted by Gasteiger charge is -2.23. The topological polar surface area (TPSA) is 51.2 Å². The predicted octanol–water partition coefficient (Wildman–Crippen LogP) is 4.92. The quantitative estimate of drug-likeness (QED) is 0.867. The van der Waals surface area contributed by atoms with Crippen LogP contribution in [-0.2, 0) is 11.2 Å². The number of nitrogens with zero attached hydrogens (tertiary/aromatic N) is 1. The Morgan fingerprint density at radius 1 is 1.08 bits per heavy atom. The van der Waals surface area contributed by atoms with Crippen molar-refractivity contribution in [3.05, 3.63) is 66.0 Å². The molecule has 1 aromatic carbocycles. The normalized spacial score (nSPS) is 11.7. The molecular formula is C20H28N2O2. The molecule has 4 heteroatoms. The van der Waals surface area contributed by atoms with Crippen LogP contribution in [0.1, 0.15) is 51.9 Å². The van der Waals surface area contributed by atoms with Gasteiger partial charge in [0.05, 0.1) is 11.7 Å². The van der Waals surface area contributed by atoms with Crippen molar-refractivity contribution in [3.63, 3.8) is 0 Å². The minimum atomic E-state index is -0.522. The smallest absolute Gasteiger partial charge is 0.408 e. The van der Waals surface area contributed by atoms with Gasteiger partial charge in [-0.2, -0.15) is 0 Å². The zero-order chi connectivity index (χ0) is 18.0. The van der Waals surface area contributed by atoms with Crippen LogP contribution in [-0.4, -0.2) is 16.7 Å². The van der Waals surface area contributed by atoms with Crippen LogP contribution in [0.4, 0.5) is 4.79 Å². The minimum absolute atomic E-state index is 0.224. The van der Waals surface area contributed by atoms with Crippen molar-refractivity contribution in [2.75, 3.05) is 0 Å². The predicted molar refractivity (Wildman–Crippen MR) is 97.8 cm³/mol. The van der Waals surface area contributed by atoms with Crippen LogP contribution in [0.3, 0.4) is 0 Å². The van der Waals surface area contributed by atoms with E-state index in [0.29, 0.717) is 6.42 Å². The summed E-state index contributed by atoms with van der Waals surface area (Å²) in [5.41, 5.74) is 1.43. The van der Waals surface area contributed by atoms with Crippen LogP contribution in [0.25, 0.3) is 0 Å². The van der Waals surface area contributed by atoms with Crippen molar-refractivity contribution in [1.82, 2.24) is 10.3 Å². The Bertz CT molecular complexity index is 592. The lowest BCUT2D eigenvalue weighted by molar-refractivity contribution is 0.0502. The number of alkyl carbamates (subject to hydrolysis) is 1. The van der Waals surface area contributed by atoms with E-state index in [0.717, 1.165) is 11.3 Å². The number of amides is 1. The van der Waals surface area contributed by atoms with Crippen molar-refractivity contribution in [3.8, 4) is 0 Å². The number of benzene rings is 1. The molecule has 0 aliphatic heterocycles. The largest absolute Gasteiger partial charge is 0.444 e. The highest BCUT2D eigenvalue weighted by molar-refractivity contribution is 5.68. The van der Waals surface area contributed by atoms with Crippen molar-refractivity contribution in [1.29, 1.82) is 0 Å². The highest BCUT2D eigenvalue weighted by Crippen LogP contribution is 2.17. The van der Waals surface area contributed by atoms with Gasteiger partial charge >= 0.3 is 6.09 Å². The van der Waals surface area contributed by atoms with Gasteiger partial charge in [-0.3, -0.25) is 4.98 Å². The maximum atomic E-state index is 12.1. The molecule has 4 nitrogen and oxygen atoms in total. The molecule has 1 amide bonds. The molecule has 1 atom stereocenters. The third-order valence-electron chi connectivity index (χ3n) is 3.02. The van der Waals surface area contributed by atoms with Crippen molar-refractivity contribution < 1.29 is 9.53 Å². The first-order valence-corrected chi connectivity index (χ1v) is 8.38. The van der Waals surface area contributed by atoms with E-state index < -0.39 is 11.7 Å². The van der Waals surface area contributed by atoms with E-state index >= 15 is 0 Å². The van der Waals surface area contributed by atoms with Gasteiger partial charge in [0.2, 0.25) is 0 Å². The zero-order valence-electron chi connectivity index (χ0n) is 15.2. The molecule has 130 valence electrons. The molecule has 0 fully saturated rings. The monoisotopic (exact) mass is 328 g/mol. The Labute approximate surface area is 145 Å². The third kappa shape index (κ3) is 7.27. The standard InChI is InChI=1S/C18H22N2O2.C2H6/c1-18(2,3)22-17(21)20-16(15-11-7-8-12-19-15)13-14-9-5-4-6-10-14;1-2/h4-12,16H,13H2,1-3H3,(H,20,21);1-2H3. The molecule has 0 saturated carbocycles. The van der Waals surface area contributed by atoms with Gasteiger partial charge in [-0.15, -0.1) is 0 Å². The Kier molecular flexibility index (Phi) is 7.96. The fraction of sp³-hybridized carbons (Fsp3) is 0.400. The maximum Gasteiger partial charge on any atom is 0.408 e. The Balaban J connectivity index is 0.00000139. The van der Waals surface area contributed by atoms with E-state index in [2.05, 4.69) is 10.3 Å². The minimum Gasteiger partial charge on any atom is -0.444 e. The molecule has 0 aliphatic rings. The van der Waals surface area contributed by atoms with Crippen LogP contribution in [0, 0.1) is 0 Å². The number of pyridine rings is 1. The number of rotatable bonds is 4. The van der Waals surface area contributed by atoms with Gasteiger partial charge in [0.1, 0.15) is 5.60 Å². The van der Waals surface area contributed by atoms with E-state index in [1.54, 1.807) is 6.20 Å². The molecule has 24 heavy (non-hydrogen) atoms. The summed E-state index contributed by atoms with van der Waals surface area (Å²) in [5.74, 6) is 0. The average Bonchev–Trinajstić information content (AvgIpc) is 2.56. The third-order valence-corrected chi connectivity index (χ3v) is 3.02. The highest BCUT2D eigenvalue weighted by Gasteiger charge is 2.21. The number of hydrogen-bond donors (Lipinski definition) is 1. The van der Waals surface area contributed by atoms with Gasteiger partial charge in [0, 0.05) is 6.20 Å². The summed E-state index contributed by atoms with van der Waals surface area (Å²) in [6.45, 7) is 9.54. The zero-order valence-corrected chi connectivity index (χ0v) is 15.2. The average molecular weight is 328 g/mol. The van der Waals surface area contributed by atoms with E-state index in [1.807, 2.05) is 83.1 Å². The molecule has 2 rings (SSSR count). The number of carbonyl (C=O) groups is 1. The van der Waals surface area contributed by atoms with E-state index in [1.165, 1.54) is 0 Å². The van der Waals surface area contributed by atoms with Crippen molar-refractivity contribution >= 4 is 6.09 Å². The number of aromatic nitrogens is 1. The molecule has 0 radical (unpaired) electrons. The summed E-state index contributed by atoms with van der Waals surface area (Å²) < 4.78 is 5.35. The van der Waals surface area contributed by atoms with Gasteiger partial charge in [0.15, 0.2) is 0 Å². The number of nitrogens with one attached hydrogen (secondary N) is 1. The number of hydrogen-bond acceptors (Lipinski definition) is 3. The molecule has 2 aromatic rings. The number of carbonyl (C=O) groups excluding carboxylic acids is 1. The first-order valence-electron chi connectivity index (χ1n) is 8.38. The lowest BCUT2D eigenvalue weighted by atomic mass is 10.0. The van der Waals surface area contributed by atoms with E-state index in [4.69, 9.17) is 4.74 Å². The first-order chi connectivity index (χ1) is 11.4. The van der Waals surface area contributed by atoms with Crippen LogP contribution in [0.15, 0.2) is 54.7 Å². The first kappa shape index (κ1) is 19.7. The van der Waals surface area contributed by atoms with Crippen LogP contribution < -0.4 is 5.32 Å².